The highest BCUT2D eigenvalue weighted by molar-refractivity contribution is 9.12. The second-order valence-corrected chi connectivity index (χ2v) is 5.27. The summed E-state index contributed by atoms with van der Waals surface area (Å²) in [4.78, 5) is 0.721. The molecule has 1 aliphatic heterocycles. The van der Waals surface area contributed by atoms with E-state index < -0.39 is 0 Å². The van der Waals surface area contributed by atoms with E-state index >= 15 is 0 Å². The molecule has 1 heterocycles. The lowest BCUT2D eigenvalue weighted by molar-refractivity contribution is -0.128. The van der Waals surface area contributed by atoms with Crippen molar-refractivity contribution in [3.8, 4) is 0 Å². The van der Waals surface area contributed by atoms with Crippen molar-refractivity contribution in [1.29, 1.82) is 0 Å². The monoisotopic (exact) mass is 300 g/mol. The van der Waals surface area contributed by atoms with Gasteiger partial charge in [0.25, 0.3) is 0 Å². The Kier molecular flexibility index (Phi) is 5.09. The van der Waals surface area contributed by atoms with Gasteiger partial charge in [0.1, 0.15) is 0 Å². The van der Waals surface area contributed by atoms with Crippen LogP contribution in [0.5, 0.6) is 0 Å². The molecule has 0 aromatic rings. The fourth-order valence-corrected chi connectivity index (χ4v) is 1.67. The maximum Gasteiger partial charge on any atom is 0.157 e. The highest BCUT2D eigenvalue weighted by Crippen LogP contribution is 2.21. The smallest absolute Gasteiger partial charge is 0.157 e. The Bertz CT molecular complexity index is 120. The Balaban J connectivity index is 2.33. The van der Waals surface area contributed by atoms with Crippen LogP contribution < -0.4 is 0 Å². The van der Waals surface area contributed by atoms with E-state index in [4.69, 9.17) is 9.47 Å². The first-order valence-electron chi connectivity index (χ1n) is 4.25. The third-order valence-electron chi connectivity index (χ3n) is 1.80. The molecule has 2 atom stereocenters. The van der Waals surface area contributed by atoms with Crippen LogP contribution in [-0.2, 0) is 9.47 Å². The lowest BCUT2D eigenvalue weighted by Gasteiger charge is -2.13. The molecule has 0 N–H and O–H groups in total. The van der Waals surface area contributed by atoms with Gasteiger partial charge in [-0.1, -0.05) is 45.2 Å². The average Bonchev–Trinajstić information content (AvgIpc) is 2.20. The zero-order valence-corrected chi connectivity index (χ0v) is 10.3. The first-order chi connectivity index (χ1) is 5.74. The summed E-state index contributed by atoms with van der Waals surface area (Å²) in [6.45, 7) is 3.58. The van der Waals surface area contributed by atoms with Gasteiger partial charge in [-0.15, -0.1) is 0 Å². The largest absolute Gasteiger partial charge is 0.351 e. The van der Waals surface area contributed by atoms with Gasteiger partial charge in [-0.3, -0.25) is 0 Å². The molecule has 1 fully saturated rings. The van der Waals surface area contributed by atoms with E-state index in [9.17, 15) is 0 Å². The quantitative estimate of drug-likeness (QED) is 0.730. The second-order valence-electron chi connectivity index (χ2n) is 2.92. The third-order valence-corrected chi connectivity index (χ3v) is 4.31. The molecule has 2 unspecified atom stereocenters. The molecule has 0 amide bonds. The van der Waals surface area contributed by atoms with Crippen molar-refractivity contribution in [2.45, 2.75) is 35.7 Å². The predicted octanol–water partition coefficient (Wildman–Crippen LogP) is 2.69. The standard InChI is InChI=1S/C8H14Br2O2/c1-2-3-8-11-4-6(9)7(10)5-12-8/h6-8H,2-5H2,1H3. The normalized spacial score (nSPS) is 37.8. The first kappa shape index (κ1) is 11.0. The summed E-state index contributed by atoms with van der Waals surface area (Å²) >= 11 is 7.06. The molecule has 0 aromatic heterocycles. The Labute approximate surface area is 90.3 Å². The van der Waals surface area contributed by atoms with E-state index in [0.29, 0.717) is 9.65 Å². The van der Waals surface area contributed by atoms with E-state index in [0.717, 1.165) is 26.1 Å². The lowest BCUT2D eigenvalue weighted by Crippen LogP contribution is -2.19. The molecule has 0 spiro atoms. The van der Waals surface area contributed by atoms with Gasteiger partial charge in [-0.05, 0) is 6.42 Å². The number of hydrogen-bond acceptors (Lipinski definition) is 2. The van der Waals surface area contributed by atoms with Crippen LogP contribution in [0.25, 0.3) is 0 Å². The van der Waals surface area contributed by atoms with Crippen molar-refractivity contribution in [2.75, 3.05) is 13.2 Å². The molecule has 0 saturated carbocycles. The number of alkyl halides is 2. The van der Waals surface area contributed by atoms with Crippen molar-refractivity contribution in [1.82, 2.24) is 0 Å². The summed E-state index contributed by atoms with van der Waals surface area (Å²) < 4.78 is 11.1. The molecule has 2 nitrogen and oxygen atoms in total. The fourth-order valence-electron chi connectivity index (χ4n) is 1.06. The minimum atomic E-state index is -0.00222. The molecule has 0 bridgehead atoms. The van der Waals surface area contributed by atoms with E-state index in [1.807, 2.05) is 0 Å². The third kappa shape index (κ3) is 3.32. The Morgan fingerprint density at radius 3 is 2.08 bits per heavy atom. The summed E-state index contributed by atoms with van der Waals surface area (Å²) in [5.41, 5.74) is 0. The van der Waals surface area contributed by atoms with Gasteiger partial charge >= 0.3 is 0 Å². The van der Waals surface area contributed by atoms with Crippen LogP contribution in [0.3, 0.4) is 0 Å². The molecular weight excluding hydrogens is 288 g/mol. The average molecular weight is 302 g/mol. The molecule has 0 radical (unpaired) electrons. The van der Waals surface area contributed by atoms with Gasteiger partial charge in [0.05, 0.1) is 22.9 Å². The van der Waals surface area contributed by atoms with Crippen LogP contribution in [0.15, 0.2) is 0 Å². The molecule has 0 aliphatic carbocycles. The summed E-state index contributed by atoms with van der Waals surface area (Å²) in [5, 5.41) is 0. The van der Waals surface area contributed by atoms with Crippen molar-refractivity contribution >= 4 is 31.9 Å². The van der Waals surface area contributed by atoms with Crippen LogP contribution >= 0.6 is 31.9 Å². The van der Waals surface area contributed by atoms with Gasteiger partial charge in [0.2, 0.25) is 0 Å². The minimum absolute atomic E-state index is 0.00222. The Hall–Kier alpha value is 0.880. The number of halogens is 2. The van der Waals surface area contributed by atoms with Crippen LogP contribution in [0.4, 0.5) is 0 Å². The van der Waals surface area contributed by atoms with Gasteiger partial charge in [-0.2, -0.15) is 0 Å². The van der Waals surface area contributed by atoms with Crippen LogP contribution in [0.1, 0.15) is 19.8 Å². The van der Waals surface area contributed by atoms with Crippen molar-refractivity contribution in [3.63, 3.8) is 0 Å². The summed E-state index contributed by atoms with van der Waals surface area (Å²) in [6, 6.07) is 0. The highest BCUT2D eigenvalue weighted by Gasteiger charge is 2.23. The van der Waals surface area contributed by atoms with Crippen molar-refractivity contribution in [3.05, 3.63) is 0 Å². The molecular formula is C8H14Br2O2. The fraction of sp³-hybridized carbons (Fsp3) is 1.00. The lowest BCUT2D eigenvalue weighted by atomic mass is 10.3. The summed E-state index contributed by atoms with van der Waals surface area (Å²) in [7, 11) is 0. The molecule has 1 aliphatic rings. The number of rotatable bonds is 2. The molecule has 72 valence electrons. The Morgan fingerprint density at radius 1 is 1.17 bits per heavy atom. The zero-order chi connectivity index (χ0) is 8.97. The molecule has 1 saturated heterocycles. The highest BCUT2D eigenvalue weighted by atomic mass is 79.9. The van der Waals surface area contributed by atoms with E-state index in [1.165, 1.54) is 0 Å². The minimum Gasteiger partial charge on any atom is -0.351 e. The van der Waals surface area contributed by atoms with Gasteiger partial charge in [0, 0.05) is 0 Å². The topological polar surface area (TPSA) is 18.5 Å². The van der Waals surface area contributed by atoms with Crippen molar-refractivity contribution < 1.29 is 9.47 Å². The number of hydrogen-bond donors (Lipinski definition) is 0. The predicted molar refractivity (Wildman–Crippen MR) is 56.0 cm³/mol. The van der Waals surface area contributed by atoms with Gasteiger partial charge in [-0.25, -0.2) is 0 Å². The second kappa shape index (κ2) is 5.58. The summed E-state index contributed by atoms with van der Waals surface area (Å²) in [5.74, 6) is 0. The molecule has 0 aromatic carbocycles. The maximum absolute atomic E-state index is 5.53. The van der Waals surface area contributed by atoms with E-state index in [2.05, 4.69) is 38.8 Å². The maximum atomic E-state index is 5.53. The molecule has 12 heavy (non-hydrogen) atoms. The first-order valence-corrected chi connectivity index (χ1v) is 6.08. The molecule has 4 heteroatoms. The van der Waals surface area contributed by atoms with Crippen LogP contribution in [-0.4, -0.2) is 29.2 Å². The Morgan fingerprint density at radius 2 is 1.67 bits per heavy atom. The van der Waals surface area contributed by atoms with Crippen LogP contribution in [0, 0.1) is 0 Å². The van der Waals surface area contributed by atoms with Gasteiger partial charge in [0.15, 0.2) is 6.29 Å². The zero-order valence-electron chi connectivity index (χ0n) is 7.13. The van der Waals surface area contributed by atoms with E-state index in [-0.39, 0.29) is 6.29 Å². The summed E-state index contributed by atoms with van der Waals surface area (Å²) in [6.07, 6.45) is 2.09. The van der Waals surface area contributed by atoms with Gasteiger partial charge < -0.3 is 9.47 Å². The van der Waals surface area contributed by atoms with Crippen molar-refractivity contribution in [2.24, 2.45) is 0 Å². The SMILES string of the molecule is CCCC1OCC(Br)C(Br)CO1. The van der Waals surface area contributed by atoms with Crippen LogP contribution in [0.2, 0.25) is 0 Å². The molecule has 1 rings (SSSR count). The number of ether oxygens (including phenoxy) is 2. The van der Waals surface area contributed by atoms with E-state index in [1.54, 1.807) is 0 Å².